The van der Waals surface area contributed by atoms with E-state index in [1.807, 2.05) is 53.8 Å². The molecule has 0 spiro atoms. The number of aliphatic imine (C=N–C) groups is 1. The lowest BCUT2D eigenvalue weighted by Crippen LogP contribution is -2.34. The van der Waals surface area contributed by atoms with Crippen LogP contribution in [0.15, 0.2) is 71.9 Å². The van der Waals surface area contributed by atoms with E-state index in [0.29, 0.717) is 0 Å². The summed E-state index contributed by atoms with van der Waals surface area (Å²) in [5, 5.41) is 2.03. The van der Waals surface area contributed by atoms with Crippen molar-refractivity contribution < 1.29 is 4.74 Å². The Kier molecular flexibility index (Phi) is 3.35. The predicted molar refractivity (Wildman–Crippen MR) is 92.6 cm³/mol. The minimum Gasteiger partial charge on any atom is -0.497 e. The van der Waals surface area contributed by atoms with Crippen molar-refractivity contribution in [2.45, 2.75) is 6.17 Å². The number of hydrogen-bond donors (Lipinski definition) is 1. The van der Waals surface area contributed by atoms with Crippen molar-refractivity contribution in [1.82, 2.24) is 10.4 Å². The molecule has 4 nitrogen and oxygen atoms in total. The van der Waals surface area contributed by atoms with Crippen LogP contribution in [0.2, 0.25) is 0 Å². The van der Waals surface area contributed by atoms with Crippen molar-refractivity contribution in [1.29, 1.82) is 0 Å². The molecule has 0 saturated heterocycles. The summed E-state index contributed by atoms with van der Waals surface area (Å²) in [6.45, 7) is 0. The molecule has 2 aliphatic rings. The number of allylic oxidation sites excluding steroid dienone is 1. The number of rotatable bonds is 3. The molecule has 2 aromatic rings. The summed E-state index contributed by atoms with van der Waals surface area (Å²) >= 11 is 0. The molecule has 0 bridgehead atoms. The van der Waals surface area contributed by atoms with Gasteiger partial charge in [-0.1, -0.05) is 42.5 Å². The zero-order valence-electron chi connectivity index (χ0n) is 12.8. The fourth-order valence-electron chi connectivity index (χ4n) is 2.94. The van der Waals surface area contributed by atoms with Crippen LogP contribution in [0.3, 0.4) is 0 Å². The Bertz CT molecular complexity index is 791. The Morgan fingerprint density at radius 2 is 1.78 bits per heavy atom. The average Bonchev–Trinajstić information content (AvgIpc) is 3.02. The van der Waals surface area contributed by atoms with E-state index in [-0.39, 0.29) is 6.17 Å². The molecule has 114 valence electrons. The number of hydrazine groups is 1. The maximum atomic E-state index is 5.27. The Morgan fingerprint density at radius 1 is 1.00 bits per heavy atom. The van der Waals surface area contributed by atoms with Gasteiger partial charge in [0.2, 0.25) is 0 Å². The molecular formula is C19H17N3O. The minimum absolute atomic E-state index is 0.0522. The highest BCUT2D eigenvalue weighted by Gasteiger charge is 2.32. The van der Waals surface area contributed by atoms with Crippen molar-refractivity contribution in [3.05, 3.63) is 78.0 Å². The van der Waals surface area contributed by atoms with Crippen molar-refractivity contribution in [3.8, 4) is 5.75 Å². The van der Waals surface area contributed by atoms with E-state index in [1.54, 1.807) is 7.11 Å². The molecule has 23 heavy (non-hydrogen) atoms. The first-order valence-corrected chi connectivity index (χ1v) is 7.56. The van der Waals surface area contributed by atoms with Gasteiger partial charge in [-0.05, 0) is 29.3 Å². The van der Waals surface area contributed by atoms with Crippen LogP contribution in [0.5, 0.6) is 5.75 Å². The van der Waals surface area contributed by atoms with E-state index in [4.69, 9.17) is 4.74 Å². The molecule has 4 heteroatoms. The number of ether oxygens (including phenoxy) is 1. The average molecular weight is 303 g/mol. The van der Waals surface area contributed by atoms with Crippen LogP contribution in [0, 0.1) is 0 Å². The predicted octanol–water partition coefficient (Wildman–Crippen LogP) is 3.31. The first kappa shape index (κ1) is 13.6. The van der Waals surface area contributed by atoms with Crippen LogP contribution in [-0.4, -0.2) is 24.5 Å². The molecule has 0 aromatic heterocycles. The quantitative estimate of drug-likeness (QED) is 0.945. The zero-order valence-corrected chi connectivity index (χ0v) is 12.8. The second-order valence-corrected chi connectivity index (χ2v) is 5.42. The monoisotopic (exact) mass is 303 g/mol. The normalized spacial score (nSPS) is 18.8. The van der Waals surface area contributed by atoms with Gasteiger partial charge in [0.1, 0.15) is 5.75 Å². The molecule has 4 rings (SSSR count). The van der Waals surface area contributed by atoms with E-state index in [2.05, 4.69) is 34.7 Å². The lowest BCUT2D eigenvalue weighted by molar-refractivity contribution is 0.305. The second kappa shape index (κ2) is 5.65. The molecule has 0 saturated carbocycles. The Balaban J connectivity index is 1.85. The molecule has 2 aromatic carbocycles. The van der Waals surface area contributed by atoms with Crippen LogP contribution in [0.25, 0.3) is 11.3 Å². The zero-order chi connectivity index (χ0) is 15.6. The Hall–Kier alpha value is -3.01. The van der Waals surface area contributed by atoms with E-state index < -0.39 is 0 Å². The maximum Gasteiger partial charge on any atom is 0.167 e. The number of nitrogens with one attached hydrogen (secondary N) is 1. The maximum absolute atomic E-state index is 5.27. The third-order valence-electron chi connectivity index (χ3n) is 4.06. The molecule has 2 aliphatic heterocycles. The van der Waals surface area contributed by atoms with Crippen LogP contribution < -0.4 is 10.2 Å². The van der Waals surface area contributed by atoms with Gasteiger partial charge >= 0.3 is 0 Å². The summed E-state index contributed by atoms with van der Waals surface area (Å²) in [6, 6.07) is 18.5. The third-order valence-corrected chi connectivity index (χ3v) is 4.06. The van der Waals surface area contributed by atoms with Gasteiger partial charge in [0.05, 0.1) is 12.8 Å². The van der Waals surface area contributed by atoms with Gasteiger partial charge in [0.25, 0.3) is 0 Å². The van der Waals surface area contributed by atoms with Crippen molar-refractivity contribution in [2.75, 3.05) is 7.11 Å². The lowest BCUT2D eigenvalue weighted by Gasteiger charge is -2.23. The van der Waals surface area contributed by atoms with E-state index >= 15 is 0 Å². The van der Waals surface area contributed by atoms with E-state index in [0.717, 1.165) is 22.6 Å². The third kappa shape index (κ3) is 2.38. The number of hydrogen-bond acceptors (Lipinski definition) is 4. The van der Waals surface area contributed by atoms with Crippen LogP contribution in [0.1, 0.15) is 11.1 Å². The molecule has 0 aliphatic carbocycles. The van der Waals surface area contributed by atoms with Gasteiger partial charge in [-0.15, -0.1) is 0 Å². The van der Waals surface area contributed by atoms with Crippen molar-refractivity contribution in [2.24, 2.45) is 4.99 Å². The highest BCUT2D eigenvalue weighted by molar-refractivity contribution is 5.95. The molecule has 2 heterocycles. The molecule has 1 atom stereocenters. The largest absolute Gasteiger partial charge is 0.497 e. The minimum atomic E-state index is -0.0522. The number of benzene rings is 2. The first-order chi connectivity index (χ1) is 11.4. The van der Waals surface area contributed by atoms with Crippen molar-refractivity contribution in [3.63, 3.8) is 0 Å². The summed E-state index contributed by atoms with van der Waals surface area (Å²) in [4.78, 5) is 4.63. The highest BCUT2D eigenvalue weighted by atomic mass is 16.5. The van der Waals surface area contributed by atoms with Crippen molar-refractivity contribution >= 4 is 17.5 Å². The fraction of sp³-hybridized carbons (Fsp3) is 0.105. The second-order valence-electron chi connectivity index (χ2n) is 5.42. The summed E-state index contributed by atoms with van der Waals surface area (Å²) in [5.74, 6) is 0.852. The lowest BCUT2D eigenvalue weighted by atomic mass is 9.98. The smallest absolute Gasteiger partial charge is 0.167 e. The molecule has 1 unspecified atom stereocenters. The summed E-state index contributed by atoms with van der Waals surface area (Å²) < 4.78 is 5.27. The van der Waals surface area contributed by atoms with Gasteiger partial charge in [-0.25, -0.2) is 0 Å². The molecule has 0 radical (unpaired) electrons. The summed E-state index contributed by atoms with van der Waals surface area (Å²) in [7, 11) is 1.68. The Labute approximate surface area is 135 Å². The Morgan fingerprint density at radius 3 is 2.52 bits per heavy atom. The summed E-state index contributed by atoms with van der Waals surface area (Å²) in [6.07, 6.45) is 5.74. The van der Waals surface area contributed by atoms with Crippen LogP contribution >= 0.6 is 0 Å². The van der Waals surface area contributed by atoms with Crippen LogP contribution in [-0.2, 0) is 0 Å². The number of fused-ring (bicyclic) bond motifs is 1. The van der Waals surface area contributed by atoms with Gasteiger partial charge in [-0.2, -0.15) is 0 Å². The van der Waals surface area contributed by atoms with Gasteiger partial charge < -0.3 is 4.74 Å². The standard InChI is InChI=1S/C19H17N3O/c1-23-16-10-8-14(9-11-16)17-18(15-6-3-2-4-7-15)21-22-13-5-12-20-19(17)22/h2-13,19,21H,1H3. The number of methoxy groups -OCH3 is 1. The SMILES string of the molecule is COc1ccc(C2=C(c3ccccc3)NN3C=CC=NC23)cc1. The molecule has 0 fully saturated rings. The van der Waals surface area contributed by atoms with E-state index in [1.165, 1.54) is 5.57 Å². The molecule has 0 amide bonds. The fourth-order valence-corrected chi connectivity index (χ4v) is 2.94. The van der Waals surface area contributed by atoms with Crippen LogP contribution in [0.4, 0.5) is 0 Å². The van der Waals surface area contributed by atoms with E-state index in [9.17, 15) is 0 Å². The first-order valence-electron chi connectivity index (χ1n) is 7.56. The molecule has 1 N–H and O–H groups in total. The van der Waals surface area contributed by atoms with Gasteiger partial charge in [0, 0.05) is 18.0 Å². The van der Waals surface area contributed by atoms with Gasteiger partial charge in [0.15, 0.2) is 6.17 Å². The highest BCUT2D eigenvalue weighted by Crippen LogP contribution is 2.37. The summed E-state index contributed by atoms with van der Waals surface area (Å²) in [5.41, 5.74) is 8.01. The van der Waals surface area contributed by atoms with Gasteiger partial charge in [-0.3, -0.25) is 15.4 Å². The number of nitrogens with zero attached hydrogens (tertiary/aromatic N) is 2. The topological polar surface area (TPSA) is 36.9 Å². The molecular weight excluding hydrogens is 286 g/mol.